The van der Waals surface area contributed by atoms with Gasteiger partial charge >= 0.3 is 0 Å². The summed E-state index contributed by atoms with van der Waals surface area (Å²) in [6.07, 6.45) is 0.958. The monoisotopic (exact) mass is 278 g/mol. The average Bonchev–Trinajstić information content (AvgIpc) is 2.45. The van der Waals surface area contributed by atoms with Crippen molar-refractivity contribution < 1.29 is 4.74 Å². The molecule has 0 aliphatic carbocycles. The van der Waals surface area contributed by atoms with Gasteiger partial charge in [0, 0.05) is 51.1 Å². The van der Waals surface area contributed by atoms with Gasteiger partial charge < -0.3 is 9.64 Å². The van der Waals surface area contributed by atoms with Gasteiger partial charge in [0.2, 0.25) is 0 Å². The number of aryl methyl sites for hydroxylation is 2. The molecule has 0 amide bonds. The fourth-order valence-electron chi connectivity index (χ4n) is 2.70. The minimum absolute atomic E-state index is 0.527. The van der Waals surface area contributed by atoms with E-state index >= 15 is 0 Å². The number of hydrogen-bond acceptors (Lipinski definition) is 5. The molecule has 1 aromatic rings. The van der Waals surface area contributed by atoms with Gasteiger partial charge in [0.05, 0.1) is 6.61 Å². The molecular formula is C15H26N4O. The second-order valence-electron chi connectivity index (χ2n) is 5.44. The van der Waals surface area contributed by atoms with E-state index in [2.05, 4.69) is 39.7 Å². The molecule has 1 aliphatic rings. The molecule has 20 heavy (non-hydrogen) atoms. The van der Waals surface area contributed by atoms with Crippen molar-refractivity contribution >= 4 is 5.82 Å². The quantitative estimate of drug-likeness (QED) is 0.816. The van der Waals surface area contributed by atoms with Crippen LogP contribution in [0.2, 0.25) is 0 Å². The number of aromatic nitrogens is 2. The summed E-state index contributed by atoms with van der Waals surface area (Å²) >= 11 is 0. The van der Waals surface area contributed by atoms with Crippen LogP contribution in [0.15, 0.2) is 6.07 Å². The van der Waals surface area contributed by atoms with Gasteiger partial charge in [-0.3, -0.25) is 4.90 Å². The number of ether oxygens (including phenoxy) is 1. The van der Waals surface area contributed by atoms with Gasteiger partial charge in [-0.05, 0) is 20.3 Å². The summed E-state index contributed by atoms with van der Waals surface area (Å²) in [7, 11) is 1.76. The van der Waals surface area contributed by atoms with Crippen LogP contribution in [-0.4, -0.2) is 60.8 Å². The molecule has 0 N–H and O–H groups in total. The number of nitrogens with zero attached hydrogens (tertiary/aromatic N) is 4. The minimum atomic E-state index is 0.527. The zero-order valence-electron chi connectivity index (χ0n) is 13.1. The second kappa shape index (κ2) is 6.99. The van der Waals surface area contributed by atoms with E-state index in [4.69, 9.17) is 4.74 Å². The van der Waals surface area contributed by atoms with Crippen LogP contribution in [0, 0.1) is 6.92 Å². The maximum atomic E-state index is 5.17. The molecule has 0 bridgehead atoms. The van der Waals surface area contributed by atoms with E-state index in [1.807, 2.05) is 6.92 Å². The second-order valence-corrected chi connectivity index (χ2v) is 5.44. The number of methoxy groups -OCH3 is 1. The maximum absolute atomic E-state index is 5.17. The third-order valence-corrected chi connectivity index (χ3v) is 3.91. The Morgan fingerprint density at radius 1 is 1.35 bits per heavy atom. The molecule has 5 nitrogen and oxygen atoms in total. The molecule has 1 unspecified atom stereocenters. The van der Waals surface area contributed by atoms with E-state index < -0.39 is 0 Å². The average molecular weight is 278 g/mol. The fraction of sp³-hybridized carbons (Fsp3) is 0.733. The maximum Gasteiger partial charge on any atom is 0.132 e. The molecule has 1 fully saturated rings. The van der Waals surface area contributed by atoms with Crippen molar-refractivity contribution in [3.63, 3.8) is 0 Å². The molecule has 112 valence electrons. The Hall–Kier alpha value is -1.20. The summed E-state index contributed by atoms with van der Waals surface area (Å²) < 4.78 is 5.17. The van der Waals surface area contributed by atoms with Crippen LogP contribution < -0.4 is 4.90 Å². The van der Waals surface area contributed by atoms with Gasteiger partial charge in [-0.2, -0.15) is 0 Å². The zero-order chi connectivity index (χ0) is 14.5. The highest BCUT2D eigenvalue weighted by Crippen LogP contribution is 2.18. The number of hydrogen-bond donors (Lipinski definition) is 0. The third-order valence-electron chi connectivity index (χ3n) is 3.91. The molecule has 1 aliphatic heterocycles. The lowest BCUT2D eigenvalue weighted by Gasteiger charge is -2.40. The van der Waals surface area contributed by atoms with Crippen LogP contribution in [0.4, 0.5) is 5.82 Å². The first-order valence-corrected chi connectivity index (χ1v) is 7.46. The first kappa shape index (κ1) is 15.2. The standard InChI is InChI=1S/C15H26N4O/c1-5-14-10-15(17-13(3)16-14)19-7-6-18(8-9-20-4)12(2)11-19/h10,12H,5-9,11H2,1-4H3. The van der Waals surface area contributed by atoms with Crippen molar-refractivity contribution in [1.29, 1.82) is 0 Å². The molecule has 1 aromatic heterocycles. The summed E-state index contributed by atoms with van der Waals surface area (Å²) in [4.78, 5) is 13.9. The summed E-state index contributed by atoms with van der Waals surface area (Å²) in [5, 5.41) is 0. The molecule has 0 aromatic carbocycles. The first-order chi connectivity index (χ1) is 9.63. The largest absolute Gasteiger partial charge is 0.383 e. The van der Waals surface area contributed by atoms with Crippen LogP contribution in [0.3, 0.4) is 0 Å². The highest BCUT2D eigenvalue weighted by molar-refractivity contribution is 5.40. The first-order valence-electron chi connectivity index (χ1n) is 7.46. The lowest BCUT2D eigenvalue weighted by molar-refractivity contribution is 0.117. The van der Waals surface area contributed by atoms with Crippen LogP contribution in [-0.2, 0) is 11.2 Å². The topological polar surface area (TPSA) is 41.5 Å². The van der Waals surface area contributed by atoms with Crippen molar-refractivity contribution in [1.82, 2.24) is 14.9 Å². The van der Waals surface area contributed by atoms with E-state index in [1.165, 1.54) is 0 Å². The highest BCUT2D eigenvalue weighted by Gasteiger charge is 2.24. The van der Waals surface area contributed by atoms with Crippen LogP contribution >= 0.6 is 0 Å². The van der Waals surface area contributed by atoms with Crippen molar-refractivity contribution in [2.45, 2.75) is 33.2 Å². The molecule has 2 heterocycles. The van der Waals surface area contributed by atoms with Gasteiger partial charge in [-0.15, -0.1) is 0 Å². The SMILES string of the molecule is CCc1cc(N2CCN(CCOC)C(C)C2)nc(C)n1. The van der Waals surface area contributed by atoms with E-state index in [0.717, 1.165) is 56.5 Å². The lowest BCUT2D eigenvalue weighted by Crippen LogP contribution is -2.53. The van der Waals surface area contributed by atoms with Crippen LogP contribution in [0.25, 0.3) is 0 Å². The van der Waals surface area contributed by atoms with Crippen molar-refractivity contribution in [2.24, 2.45) is 0 Å². The molecule has 1 atom stereocenters. The molecule has 5 heteroatoms. The summed E-state index contributed by atoms with van der Waals surface area (Å²) in [5.74, 6) is 1.95. The van der Waals surface area contributed by atoms with Gasteiger partial charge in [-0.1, -0.05) is 6.92 Å². The van der Waals surface area contributed by atoms with Gasteiger partial charge in [0.25, 0.3) is 0 Å². The smallest absolute Gasteiger partial charge is 0.132 e. The van der Waals surface area contributed by atoms with E-state index in [0.29, 0.717) is 6.04 Å². The number of anilines is 1. The van der Waals surface area contributed by atoms with Crippen LogP contribution in [0.5, 0.6) is 0 Å². The molecule has 0 spiro atoms. The normalized spacial score (nSPS) is 20.4. The predicted molar refractivity (Wildman–Crippen MR) is 81.3 cm³/mol. The minimum Gasteiger partial charge on any atom is -0.383 e. The Balaban J connectivity index is 2.03. The Morgan fingerprint density at radius 3 is 2.80 bits per heavy atom. The molecule has 1 saturated heterocycles. The van der Waals surface area contributed by atoms with Crippen molar-refractivity contribution in [2.75, 3.05) is 44.8 Å². The van der Waals surface area contributed by atoms with E-state index in [-0.39, 0.29) is 0 Å². The highest BCUT2D eigenvalue weighted by atomic mass is 16.5. The fourth-order valence-corrected chi connectivity index (χ4v) is 2.70. The Morgan fingerprint density at radius 2 is 2.15 bits per heavy atom. The Labute approximate surface area is 122 Å². The summed E-state index contributed by atoms with van der Waals surface area (Å²) in [6.45, 7) is 11.3. The van der Waals surface area contributed by atoms with Gasteiger partial charge in [-0.25, -0.2) is 9.97 Å². The number of piperazine rings is 1. The Bertz CT molecular complexity index is 438. The molecule has 0 radical (unpaired) electrons. The van der Waals surface area contributed by atoms with E-state index in [9.17, 15) is 0 Å². The zero-order valence-corrected chi connectivity index (χ0v) is 13.1. The summed E-state index contributed by atoms with van der Waals surface area (Å²) in [5.41, 5.74) is 1.13. The molecule has 0 saturated carbocycles. The lowest BCUT2D eigenvalue weighted by atomic mass is 10.2. The third kappa shape index (κ3) is 3.67. The van der Waals surface area contributed by atoms with E-state index in [1.54, 1.807) is 7.11 Å². The van der Waals surface area contributed by atoms with Crippen LogP contribution in [0.1, 0.15) is 25.4 Å². The predicted octanol–water partition coefficient (Wildman–Crippen LogP) is 1.50. The molecule has 2 rings (SSSR count). The number of rotatable bonds is 5. The van der Waals surface area contributed by atoms with Crippen molar-refractivity contribution in [3.8, 4) is 0 Å². The molecular weight excluding hydrogens is 252 g/mol. The Kier molecular flexibility index (Phi) is 5.31. The van der Waals surface area contributed by atoms with Gasteiger partial charge in [0.1, 0.15) is 11.6 Å². The van der Waals surface area contributed by atoms with Gasteiger partial charge in [0.15, 0.2) is 0 Å². The summed E-state index contributed by atoms with van der Waals surface area (Å²) in [6, 6.07) is 2.66. The van der Waals surface area contributed by atoms with Crippen molar-refractivity contribution in [3.05, 3.63) is 17.6 Å².